The summed E-state index contributed by atoms with van der Waals surface area (Å²) in [5.74, 6) is -1.70. The maximum absolute atomic E-state index is 13.8. The lowest BCUT2D eigenvalue weighted by atomic mass is 9.86. The number of benzene rings is 1. The molecule has 6 rings (SSSR count). The van der Waals surface area contributed by atoms with Crippen molar-refractivity contribution >= 4 is 56.7 Å². The van der Waals surface area contributed by atoms with Gasteiger partial charge in [0.25, 0.3) is 11.8 Å². The number of piperidine rings is 1. The number of carbonyl (C=O) groups is 4. The highest BCUT2D eigenvalue weighted by Crippen LogP contribution is 2.55. The van der Waals surface area contributed by atoms with Gasteiger partial charge in [-0.15, -0.1) is 11.3 Å². The lowest BCUT2D eigenvalue weighted by molar-refractivity contribution is -0.135. The number of likely N-dealkylation sites (tertiary alicyclic amines) is 1. The van der Waals surface area contributed by atoms with Crippen LogP contribution in [0.25, 0.3) is 10.1 Å². The molecule has 11 heteroatoms. The van der Waals surface area contributed by atoms with Gasteiger partial charge < -0.3 is 26.0 Å². The van der Waals surface area contributed by atoms with Crippen LogP contribution in [0.1, 0.15) is 61.0 Å². The highest BCUT2D eigenvalue weighted by Gasteiger charge is 2.51. The molecule has 3 heterocycles. The molecule has 1 aromatic heterocycles. The number of aliphatic hydroxyl groups is 1. The molecule has 1 unspecified atom stereocenters. The molecule has 39 heavy (non-hydrogen) atoms. The third kappa shape index (κ3) is 5.51. The normalized spacial score (nSPS) is 25.3. The Bertz CT molecular complexity index is 1320. The second kappa shape index (κ2) is 10.4. The van der Waals surface area contributed by atoms with Crippen molar-refractivity contribution in [3.63, 3.8) is 0 Å². The summed E-state index contributed by atoms with van der Waals surface area (Å²) in [5, 5.41) is 20.9. The predicted octanol–water partition coefficient (Wildman–Crippen LogP) is 2.59. The summed E-state index contributed by atoms with van der Waals surface area (Å²) in [7, 11) is 0. The topological polar surface area (TPSA) is 128 Å². The van der Waals surface area contributed by atoms with Crippen LogP contribution < -0.4 is 16.0 Å². The molecule has 0 radical (unpaired) electrons. The van der Waals surface area contributed by atoms with Crippen molar-refractivity contribution in [3.8, 4) is 0 Å². The molecule has 2 aromatic rings. The predicted molar refractivity (Wildman–Crippen MR) is 147 cm³/mol. The summed E-state index contributed by atoms with van der Waals surface area (Å²) in [5.41, 5.74) is 0.0606. The van der Waals surface area contributed by atoms with Crippen LogP contribution in [-0.4, -0.2) is 71.0 Å². The zero-order valence-corrected chi connectivity index (χ0v) is 23.2. The number of fused-ring (bicyclic) bond motifs is 1. The maximum atomic E-state index is 13.8. The maximum Gasteiger partial charge on any atom is 0.264 e. The van der Waals surface area contributed by atoms with Crippen LogP contribution in [0.15, 0.2) is 24.3 Å². The molecule has 2 aliphatic heterocycles. The SMILES string of the molecule is O=C(NC1CC1)C(O)[C@H](C[C@@H]1CCNC1=O)NC(=O)[C@@H]1CC2(CCN1C(=O)c1cc3cccc(Cl)c3s1)CC2. The Morgan fingerprint density at radius 2 is 2.00 bits per heavy atom. The van der Waals surface area contributed by atoms with Crippen LogP contribution in [0, 0.1) is 11.3 Å². The summed E-state index contributed by atoms with van der Waals surface area (Å²) in [6.45, 7) is 0.987. The number of rotatable bonds is 8. The molecule has 2 saturated heterocycles. The molecule has 9 nitrogen and oxygen atoms in total. The Morgan fingerprint density at radius 1 is 1.21 bits per heavy atom. The minimum Gasteiger partial charge on any atom is -0.381 e. The molecule has 2 saturated carbocycles. The van der Waals surface area contributed by atoms with E-state index in [1.54, 1.807) is 11.0 Å². The van der Waals surface area contributed by atoms with Crippen molar-refractivity contribution in [1.82, 2.24) is 20.9 Å². The number of nitrogens with zero attached hydrogens (tertiary/aromatic N) is 1. The molecular formula is C28H33ClN4O5S. The van der Waals surface area contributed by atoms with E-state index >= 15 is 0 Å². The minimum absolute atomic E-state index is 0.0503. The van der Waals surface area contributed by atoms with Gasteiger partial charge in [-0.1, -0.05) is 23.7 Å². The summed E-state index contributed by atoms with van der Waals surface area (Å²) < 4.78 is 0.832. The standard InChI is InChI=1S/C28H33ClN4O5S/c29-18-3-1-2-15-13-21(39-23(15)18)27(38)33-11-9-28(7-8-28)14-20(33)25(36)32-19(12-16-6-10-30-24(16)35)22(34)26(37)31-17-4-5-17/h1-3,13,16-17,19-20,22,34H,4-12,14H2,(H,30,35)(H,31,37)(H,32,36)/t16-,19-,20-,22?/m0/s1. The van der Waals surface area contributed by atoms with E-state index in [4.69, 9.17) is 11.6 Å². The van der Waals surface area contributed by atoms with Gasteiger partial charge in [0.15, 0.2) is 6.10 Å². The number of carbonyl (C=O) groups excluding carboxylic acids is 4. The van der Waals surface area contributed by atoms with Gasteiger partial charge in [-0.05, 0) is 74.3 Å². The van der Waals surface area contributed by atoms with E-state index in [0.29, 0.717) is 35.8 Å². The number of hydrogen-bond donors (Lipinski definition) is 4. The van der Waals surface area contributed by atoms with Gasteiger partial charge >= 0.3 is 0 Å². The Kier molecular flexibility index (Phi) is 7.05. The van der Waals surface area contributed by atoms with Crippen molar-refractivity contribution in [2.75, 3.05) is 13.1 Å². The number of thiophene rings is 1. The zero-order valence-electron chi connectivity index (χ0n) is 21.6. The molecular weight excluding hydrogens is 540 g/mol. The number of amides is 4. The van der Waals surface area contributed by atoms with E-state index in [1.165, 1.54) is 11.3 Å². The second-order valence-electron chi connectivity index (χ2n) is 11.6. The monoisotopic (exact) mass is 572 g/mol. The highest BCUT2D eigenvalue weighted by molar-refractivity contribution is 7.21. The molecule has 4 N–H and O–H groups in total. The van der Waals surface area contributed by atoms with Crippen LogP contribution in [0.5, 0.6) is 0 Å². The smallest absolute Gasteiger partial charge is 0.264 e. The van der Waals surface area contributed by atoms with Crippen molar-refractivity contribution in [2.45, 2.75) is 75.6 Å². The van der Waals surface area contributed by atoms with Gasteiger partial charge in [-0.2, -0.15) is 0 Å². The van der Waals surface area contributed by atoms with Gasteiger partial charge in [-0.3, -0.25) is 19.2 Å². The molecule has 1 spiro atoms. The molecule has 4 fully saturated rings. The summed E-state index contributed by atoms with van der Waals surface area (Å²) in [6.07, 6.45) is 4.39. The summed E-state index contributed by atoms with van der Waals surface area (Å²) in [4.78, 5) is 54.8. The largest absolute Gasteiger partial charge is 0.381 e. The van der Waals surface area contributed by atoms with Crippen LogP contribution >= 0.6 is 22.9 Å². The van der Waals surface area contributed by atoms with Crippen LogP contribution in [0.3, 0.4) is 0 Å². The van der Waals surface area contributed by atoms with E-state index in [2.05, 4.69) is 16.0 Å². The highest BCUT2D eigenvalue weighted by atomic mass is 35.5. The Labute approximate surface area is 235 Å². The van der Waals surface area contributed by atoms with Crippen LogP contribution in [0.2, 0.25) is 5.02 Å². The van der Waals surface area contributed by atoms with E-state index in [-0.39, 0.29) is 29.7 Å². The number of aliphatic hydroxyl groups excluding tert-OH is 1. The van der Waals surface area contributed by atoms with E-state index in [0.717, 1.165) is 42.2 Å². The third-order valence-corrected chi connectivity index (χ3v) is 10.3. The van der Waals surface area contributed by atoms with Gasteiger partial charge in [0.2, 0.25) is 11.8 Å². The molecule has 4 amide bonds. The molecule has 2 aliphatic carbocycles. The fourth-order valence-electron chi connectivity index (χ4n) is 5.94. The fourth-order valence-corrected chi connectivity index (χ4v) is 7.26. The lowest BCUT2D eigenvalue weighted by Gasteiger charge is -2.39. The zero-order chi connectivity index (χ0) is 27.3. The average molecular weight is 573 g/mol. The third-order valence-electron chi connectivity index (χ3n) is 8.72. The molecule has 4 aliphatic rings. The molecule has 4 atom stereocenters. The van der Waals surface area contributed by atoms with E-state index < -0.39 is 35.9 Å². The van der Waals surface area contributed by atoms with E-state index in [1.807, 2.05) is 18.2 Å². The number of nitrogens with one attached hydrogen (secondary N) is 3. The van der Waals surface area contributed by atoms with Crippen molar-refractivity contribution in [1.29, 1.82) is 0 Å². The van der Waals surface area contributed by atoms with Gasteiger partial charge in [-0.25, -0.2) is 0 Å². The Balaban J connectivity index is 1.23. The second-order valence-corrected chi connectivity index (χ2v) is 13.1. The van der Waals surface area contributed by atoms with Crippen LogP contribution in [0.4, 0.5) is 0 Å². The molecule has 208 valence electrons. The van der Waals surface area contributed by atoms with Crippen molar-refractivity contribution in [2.24, 2.45) is 11.3 Å². The summed E-state index contributed by atoms with van der Waals surface area (Å²) >= 11 is 7.67. The van der Waals surface area contributed by atoms with Crippen LogP contribution in [-0.2, 0) is 14.4 Å². The first-order valence-electron chi connectivity index (χ1n) is 13.8. The number of hydrogen-bond acceptors (Lipinski definition) is 6. The van der Waals surface area contributed by atoms with E-state index in [9.17, 15) is 24.3 Å². The van der Waals surface area contributed by atoms with Gasteiger partial charge in [0.05, 0.1) is 20.6 Å². The quantitative estimate of drug-likeness (QED) is 0.387. The summed E-state index contributed by atoms with van der Waals surface area (Å²) in [6, 6.07) is 5.74. The average Bonchev–Trinajstić information content (AvgIpc) is 3.80. The molecule has 0 bridgehead atoms. The minimum atomic E-state index is -1.49. The van der Waals surface area contributed by atoms with Gasteiger partial charge in [0.1, 0.15) is 6.04 Å². The fraction of sp³-hybridized carbons (Fsp3) is 0.571. The van der Waals surface area contributed by atoms with Crippen molar-refractivity contribution in [3.05, 3.63) is 34.2 Å². The first-order chi connectivity index (χ1) is 18.7. The molecule has 1 aromatic carbocycles. The van der Waals surface area contributed by atoms with Gasteiger partial charge in [0, 0.05) is 25.0 Å². The lowest BCUT2D eigenvalue weighted by Crippen LogP contribution is -2.59. The first-order valence-corrected chi connectivity index (χ1v) is 15.0. The Morgan fingerprint density at radius 3 is 2.67 bits per heavy atom. The first kappa shape index (κ1) is 26.5. The Hall–Kier alpha value is -2.69. The number of halogens is 1. The van der Waals surface area contributed by atoms with Crippen molar-refractivity contribution < 1.29 is 24.3 Å².